The number of benzene rings is 2. The topological polar surface area (TPSA) is 77.8 Å². The number of aliphatic carboxylic acids is 1. The van der Waals surface area contributed by atoms with Gasteiger partial charge < -0.3 is 15.3 Å². The van der Waals surface area contributed by atoms with Crippen LogP contribution in [0.1, 0.15) is 24.0 Å². The highest BCUT2D eigenvalue weighted by molar-refractivity contribution is 5.80. The average molecular weight is 338 g/mol. The molecule has 0 radical (unpaired) electrons. The molecule has 0 fully saturated rings. The molecule has 2 rings (SSSR count). The van der Waals surface area contributed by atoms with E-state index in [4.69, 9.17) is 5.11 Å². The fourth-order valence-corrected chi connectivity index (χ4v) is 2.52. The van der Waals surface area contributed by atoms with Crippen LogP contribution in [0.2, 0.25) is 0 Å². The van der Waals surface area contributed by atoms with E-state index < -0.39 is 18.2 Å². The highest BCUT2D eigenvalue weighted by Gasteiger charge is 2.13. The quantitative estimate of drug-likeness (QED) is 0.646. The van der Waals surface area contributed by atoms with Crippen molar-refractivity contribution < 1.29 is 20.1 Å². The number of hydrogen-bond acceptors (Lipinski definition) is 3. The number of aliphatic hydroxyl groups excluding tert-OH is 2. The molecule has 0 aliphatic carbocycles. The van der Waals surface area contributed by atoms with Crippen LogP contribution in [0.3, 0.4) is 0 Å². The summed E-state index contributed by atoms with van der Waals surface area (Å²) in [5, 5.41) is 28.1. The lowest BCUT2D eigenvalue weighted by atomic mass is 9.97. The van der Waals surface area contributed by atoms with E-state index in [2.05, 4.69) is 0 Å². The molecule has 0 spiro atoms. The van der Waals surface area contributed by atoms with Crippen molar-refractivity contribution in [1.82, 2.24) is 0 Å². The predicted octanol–water partition coefficient (Wildman–Crippen LogP) is 3.26. The number of hydrogen-bond donors (Lipinski definition) is 3. The van der Waals surface area contributed by atoms with Crippen molar-refractivity contribution in [2.75, 3.05) is 0 Å². The Bertz CT molecular complexity index is 679. The maximum Gasteiger partial charge on any atom is 0.305 e. The van der Waals surface area contributed by atoms with Crippen LogP contribution < -0.4 is 0 Å². The smallest absolute Gasteiger partial charge is 0.305 e. The number of aliphatic hydroxyl groups is 2. The molecule has 3 N–H and O–H groups in total. The monoisotopic (exact) mass is 338 g/mol. The fourth-order valence-electron chi connectivity index (χ4n) is 2.52. The second-order valence-electron chi connectivity index (χ2n) is 5.75. The molecular formula is C21H22O4. The molecule has 0 aliphatic heterocycles. The van der Waals surface area contributed by atoms with Gasteiger partial charge in [-0.1, -0.05) is 78.9 Å². The summed E-state index contributed by atoms with van der Waals surface area (Å²) in [5.41, 5.74) is 3.12. The van der Waals surface area contributed by atoms with E-state index in [0.29, 0.717) is 0 Å². The molecular weight excluding hydrogens is 316 g/mol. The van der Waals surface area contributed by atoms with E-state index >= 15 is 0 Å². The molecule has 0 saturated carbocycles. The first-order valence-corrected chi connectivity index (χ1v) is 8.13. The summed E-state index contributed by atoms with van der Waals surface area (Å²) in [4.78, 5) is 10.5. The Morgan fingerprint density at radius 2 is 1.44 bits per heavy atom. The van der Waals surface area contributed by atoms with E-state index in [-0.39, 0.29) is 12.8 Å². The summed E-state index contributed by atoms with van der Waals surface area (Å²) in [7, 11) is 0. The van der Waals surface area contributed by atoms with E-state index in [1.165, 1.54) is 0 Å². The molecule has 0 bridgehead atoms. The van der Waals surface area contributed by atoms with Gasteiger partial charge in [-0.05, 0) is 16.7 Å². The lowest BCUT2D eigenvalue weighted by Gasteiger charge is -2.10. The van der Waals surface area contributed by atoms with Gasteiger partial charge in [-0.25, -0.2) is 0 Å². The number of carboxylic acid groups (broad SMARTS) is 1. The van der Waals surface area contributed by atoms with Crippen LogP contribution >= 0.6 is 0 Å². The lowest BCUT2D eigenvalue weighted by Crippen LogP contribution is -2.19. The van der Waals surface area contributed by atoms with E-state index in [1.54, 1.807) is 12.2 Å². The zero-order valence-electron chi connectivity index (χ0n) is 13.8. The van der Waals surface area contributed by atoms with Crippen LogP contribution in [0.5, 0.6) is 0 Å². The summed E-state index contributed by atoms with van der Waals surface area (Å²) >= 11 is 0. The standard InChI is InChI=1S/C21H22O4/c22-18(14-19(23)15-21(24)25)12-7-13-20(16-8-3-1-4-9-16)17-10-5-2-6-11-17/h1-13,18-19,22-23H,14-15H2,(H,24,25)/b12-7+. The Kier molecular flexibility index (Phi) is 7.14. The third-order valence-corrected chi connectivity index (χ3v) is 3.69. The molecule has 2 aromatic carbocycles. The molecule has 0 amide bonds. The molecule has 4 heteroatoms. The number of allylic oxidation sites excluding steroid dienone is 2. The summed E-state index contributed by atoms with van der Waals surface area (Å²) in [6.07, 6.45) is 2.83. The Morgan fingerprint density at radius 1 is 0.920 bits per heavy atom. The molecule has 2 aromatic rings. The van der Waals surface area contributed by atoms with Crippen LogP contribution in [-0.2, 0) is 4.79 Å². The number of carbonyl (C=O) groups is 1. The van der Waals surface area contributed by atoms with Crippen LogP contribution in [0.15, 0.2) is 78.9 Å². The van der Waals surface area contributed by atoms with Gasteiger partial charge in [0.1, 0.15) is 0 Å². The highest BCUT2D eigenvalue weighted by atomic mass is 16.4. The molecule has 0 aliphatic rings. The van der Waals surface area contributed by atoms with Gasteiger partial charge >= 0.3 is 5.97 Å². The minimum atomic E-state index is -1.08. The molecule has 2 unspecified atom stereocenters. The summed E-state index contributed by atoms with van der Waals surface area (Å²) in [6, 6.07) is 19.8. The van der Waals surface area contributed by atoms with Gasteiger partial charge in [0.15, 0.2) is 0 Å². The average Bonchev–Trinajstić information content (AvgIpc) is 2.59. The SMILES string of the molecule is O=C(O)CC(O)CC(O)/C=C/C=C(c1ccccc1)c1ccccc1. The molecule has 0 aromatic heterocycles. The maximum atomic E-state index is 10.5. The molecule has 130 valence electrons. The van der Waals surface area contributed by atoms with Gasteiger partial charge in [-0.3, -0.25) is 4.79 Å². The van der Waals surface area contributed by atoms with Crippen molar-refractivity contribution in [1.29, 1.82) is 0 Å². The van der Waals surface area contributed by atoms with Gasteiger partial charge in [0.25, 0.3) is 0 Å². The molecule has 25 heavy (non-hydrogen) atoms. The van der Waals surface area contributed by atoms with E-state index in [1.807, 2.05) is 66.7 Å². The second-order valence-corrected chi connectivity index (χ2v) is 5.75. The molecule has 2 atom stereocenters. The molecule has 0 heterocycles. The maximum absolute atomic E-state index is 10.5. The first-order valence-electron chi connectivity index (χ1n) is 8.13. The van der Waals surface area contributed by atoms with Gasteiger partial charge in [0.05, 0.1) is 18.6 Å². The molecule has 4 nitrogen and oxygen atoms in total. The van der Waals surface area contributed by atoms with Crippen LogP contribution in [0.25, 0.3) is 5.57 Å². The highest BCUT2D eigenvalue weighted by Crippen LogP contribution is 2.23. The van der Waals surface area contributed by atoms with Gasteiger partial charge in [0, 0.05) is 6.42 Å². The Hall–Kier alpha value is -2.69. The normalized spacial score (nSPS) is 13.4. The first kappa shape index (κ1) is 18.6. The Balaban J connectivity index is 2.14. The number of rotatable bonds is 8. The van der Waals surface area contributed by atoms with Crippen molar-refractivity contribution in [3.63, 3.8) is 0 Å². The lowest BCUT2D eigenvalue weighted by molar-refractivity contribution is -0.139. The Labute approximate surface area is 147 Å². The largest absolute Gasteiger partial charge is 0.481 e. The molecule has 0 saturated heterocycles. The van der Waals surface area contributed by atoms with E-state index in [9.17, 15) is 15.0 Å². The van der Waals surface area contributed by atoms with Gasteiger partial charge in [0.2, 0.25) is 0 Å². The van der Waals surface area contributed by atoms with E-state index in [0.717, 1.165) is 16.7 Å². The number of carboxylic acids is 1. The fraction of sp³-hybridized carbons (Fsp3) is 0.190. The van der Waals surface area contributed by atoms with Crippen molar-refractivity contribution in [2.45, 2.75) is 25.0 Å². The minimum Gasteiger partial charge on any atom is -0.481 e. The van der Waals surface area contributed by atoms with Crippen molar-refractivity contribution in [3.8, 4) is 0 Å². The third kappa shape index (κ3) is 6.37. The van der Waals surface area contributed by atoms with Crippen LogP contribution in [-0.4, -0.2) is 33.5 Å². The van der Waals surface area contributed by atoms with Gasteiger partial charge in [-0.2, -0.15) is 0 Å². The zero-order chi connectivity index (χ0) is 18.1. The van der Waals surface area contributed by atoms with Crippen molar-refractivity contribution >= 4 is 11.5 Å². The Morgan fingerprint density at radius 3 is 1.92 bits per heavy atom. The zero-order valence-corrected chi connectivity index (χ0v) is 13.8. The van der Waals surface area contributed by atoms with Crippen LogP contribution in [0, 0.1) is 0 Å². The summed E-state index contributed by atoms with van der Waals surface area (Å²) in [6.45, 7) is 0. The predicted molar refractivity (Wildman–Crippen MR) is 98.0 cm³/mol. The second kappa shape index (κ2) is 9.57. The summed E-state index contributed by atoms with van der Waals surface area (Å²) in [5.74, 6) is -1.08. The third-order valence-electron chi connectivity index (χ3n) is 3.69. The van der Waals surface area contributed by atoms with Crippen molar-refractivity contribution in [3.05, 3.63) is 90.0 Å². The van der Waals surface area contributed by atoms with Gasteiger partial charge in [-0.15, -0.1) is 0 Å². The first-order chi connectivity index (χ1) is 12.1. The minimum absolute atomic E-state index is 0.0113. The summed E-state index contributed by atoms with van der Waals surface area (Å²) < 4.78 is 0. The van der Waals surface area contributed by atoms with Crippen LogP contribution in [0.4, 0.5) is 0 Å². The van der Waals surface area contributed by atoms with Crippen molar-refractivity contribution in [2.24, 2.45) is 0 Å².